The Morgan fingerprint density at radius 3 is 2.27 bits per heavy atom. The summed E-state index contributed by atoms with van der Waals surface area (Å²) in [5.74, 6) is 0. The van der Waals surface area contributed by atoms with Gasteiger partial charge in [0.25, 0.3) is 0 Å². The van der Waals surface area contributed by atoms with Crippen molar-refractivity contribution in [2.45, 2.75) is 30.6 Å². The van der Waals surface area contributed by atoms with Crippen molar-refractivity contribution >= 4 is 11.4 Å². The molecular weight excluding hydrogens is 230 g/mol. The van der Waals surface area contributed by atoms with Gasteiger partial charge in [-0.3, -0.25) is 9.87 Å². The van der Waals surface area contributed by atoms with Crippen LogP contribution >= 0.6 is 0 Å². The van der Waals surface area contributed by atoms with Crippen LogP contribution in [0.25, 0.3) is 0 Å². The first-order chi connectivity index (χ1) is 6.97. The number of nitrogens with one attached hydrogen (secondary N) is 1. The molecule has 1 saturated heterocycles. The van der Waals surface area contributed by atoms with Crippen LogP contribution in [0.1, 0.15) is 0 Å². The van der Waals surface area contributed by atoms with E-state index in [4.69, 9.17) is 9.66 Å². The van der Waals surface area contributed by atoms with Crippen molar-refractivity contribution in [3.8, 4) is 0 Å². The number of hydrogen-bond acceptors (Lipinski definition) is 7. The van der Waals surface area contributed by atoms with Crippen molar-refractivity contribution in [3.05, 3.63) is 0 Å². The van der Waals surface area contributed by atoms with E-state index < -0.39 is 48.5 Å². The maximum atomic E-state index is 10.3. The van der Waals surface area contributed by atoms with Crippen molar-refractivity contribution in [3.63, 3.8) is 0 Å². The Morgan fingerprint density at radius 1 is 1.20 bits per heavy atom. The van der Waals surface area contributed by atoms with E-state index in [0.717, 1.165) is 0 Å². The zero-order chi connectivity index (χ0) is 11.6. The van der Waals surface area contributed by atoms with Crippen LogP contribution in [0, 0.1) is 0 Å². The smallest absolute Gasteiger partial charge is 0.303 e. The Morgan fingerprint density at radius 2 is 1.80 bits per heavy atom. The topological polar surface area (TPSA) is 139 Å². The molecule has 0 aromatic heterocycles. The summed E-state index contributed by atoms with van der Waals surface area (Å²) >= 11 is -2.62. The Hall–Kier alpha value is -0.130. The molecule has 9 heteroatoms. The van der Waals surface area contributed by atoms with Crippen molar-refractivity contribution in [1.29, 1.82) is 0 Å². The van der Waals surface area contributed by atoms with Crippen LogP contribution in [0.4, 0.5) is 0 Å². The van der Waals surface area contributed by atoms with Crippen molar-refractivity contribution in [2.75, 3.05) is 6.61 Å². The zero-order valence-electron chi connectivity index (χ0n) is 7.55. The normalized spacial score (nSPS) is 43.9. The Balaban J connectivity index is 2.69. The van der Waals surface area contributed by atoms with Gasteiger partial charge in [-0.15, -0.1) is 0 Å². The summed E-state index contributed by atoms with van der Waals surface area (Å²) in [4.78, 5) is 0. The Labute approximate surface area is 88.0 Å². The SMILES string of the molecule is O=S(O)O[C@@H]1N[C@@H](CO)[C@H](O)[C@H](O)[C@H]1O. The van der Waals surface area contributed by atoms with Gasteiger partial charge in [0.1, 0.15) is 18.3 Å². The van der Waals surface area contributed by atoms with Crippen LogP contribution in [0.3, 0.4) is 0 Å². The first kappa shape index (κ1) is 12.9. The van der Waals surface area contributed by atoms with E-state index in [0.29, 0.717) is 0 Å². The summed E-state index contributed by atoms with van der Waals surface area (Å²) in [6.45, 7) is -0.511. The molecule has 0 bridgehead atoms. The minimum atomic E-state index is -2.62. The average molecular weight is 243 g/mol. The lowest BCUT2D eigenvalue weighted by Gasteiger charge is -2.39. The molecule has 1 aliphatic heterocycles. The largest absolute Gasteiger partial charge is 0.395 e. The van der Waals surface area contributed by atoms with Gasteiger partial charge in [0.15, 0.2) is 6.23 Å². The first-order valence-corrected chi connectivity index (χ1v) is 5.19. The third kappa shape index (κ3) is 2.92. The molecular formula is C6H13NO7S. The molecule has 90 valence electrons. The van der Waals surface area contributed by atoms with Crippen LogP contribution in [0.15, 0.2) is 0 Å². The molecule has 0 aliphatic carbocycles. The molecule has 1 heterocycles. The highest BCUT2D eigenvalue weighted by Gasteiger charge is 2.43. The van der Waals surface area contributed by atoms with Crippen LogP contribution < -0.4 is 5.32 Å². The number of rotatable bonds is 3. The van der Waals surface area contributed by atoms with Crippen LogP contribution in [-0.2, 0) is 15.5 Å². The second-order valence-corrected chi connectivity index (χ2v) is 3.79. The molecule has 0 aromatic carbocycles. The van der Waals surface area contributed by atoms with Crippen molar-refractivity contribution in [1.82, 2.24) is 5.32 Å². The molecule has 0 saturated carbocycles. The molecule has 1 unspecified atom stereocenters. The third-order valence-corrected chi connectivity index (χ3v) is 2.56. The number of aliphatic hydroxyl groups excluding tert-OH is 4. The fourth-order valence-electron chi connectivity index (χ4n) is 1.36. The second-order valence-electron chi connectivity index (χ2n) is 3.16. The molecule has 0 radical (unpaired) electrons. The predicted molar refractivity (Wildman–Crippen MR) is 47.7 cm³/mol. The Kier molecular flexibility index (Phi) is 4.55. The highest BCUT2D eigenvalue weighted by Crippen LogP contribution is 2.16. The van der Waals surface area contributed by atoms with Gasteiger partial charge in [0, 0.05) is 0 Å². The number of piperidine rings is 1. The van der Waals surface area contributed by atoms with Gasteiger partial charge < -0.3 is 20.4 Å². The van der Waals surface area contributed by atoms with E-state index in [9.17, 15) is 19.5 Å². The van der Waals surface area contributed by atoms with Crippen LogP contribution in [0.5, 0.6) is 0 Å². The molecule has 0 aromatic rings. The monoisotopic (exact) mass is 243 g/mol. The molecule has 6 atom stereocenters. The molecule has 0 amide bonds. The van der Waals surface area contributed by atoms with E-state index in [1.807, 2.05) is 0 Å². The lowest BCUT2D eigenvalue weighted by atomic mass is 9.95. The fraction of sp³-hybridized carbons (Fsp3) is 1.00. The zero-order valence-corrected chi connectivity index (χ0v) is 8.37. The van der Waals surface area contributed by atoms with Gasteiger partial charge in [-0.25, -0.2) is 4.18 Å². The van der Waals surface area contributed by atoms with Crippen molar-refractivity contribution in [2.24, 2.45) is 0 Å². The summed E-state index contributed by atoms with van der Waals surface area (Å²) in [7, 11) is 0. The molecule has 1 aliphatic rings. The highest BCUT2D eigenvalue weighted by molar-refractivity contribution is 7.74. The van der Waals surface area contributed by atoms with E-state index >= 15 is 0 Å². The number of hydrogen-bond donors (Lipinski definition) is 6. The van der Waals surface area contributed by atoms with Crippen LogP contribution in [-0.4, -0.2) is 66.4 Å². The lowest BCUT2D eigenvalue weighted by molar-refractivity contribution is -0.153. The molecule has 1 fully saturated rings. The standard InChI is InChI=1S/C6H13NO7S/c8-1-2-3(9)4(10)5(11)6(7-2)14-15(12)13/h2-11H,1H2,(H,12,13)/t2-,3-,4-,5+,6-/m0/s1. The maximum Gasteiger partial charge on any atom is 0.303 e. The molecule has 8 nitrogen and oxygen atoms in total. The summed E-state index contributed by atoms with van der Waals surface area (Å²) in [6.07, 6.45) is -5.82. The van der Waals surface area contributed by atoms with E-state index in [2.05, 4.69) is 9.50 Å². The first-order valence-electron chi connectivity index (χ1n) is 4.16. The minimum Gasteiger partial charge on any atom is -0.395 e. The van der Waals surface area contributed by atoms with Gasteiger partial charge in [-0.05, 0) is 0 Å². The molecule has 15 heavy (non-hydrogen) atoms. The fourth-order valence-corrected chi connectivity index (χ4v) is 1.71. The molecule has 1 rings (SSSR count). The van der Waals surface area contributed by atoms with Gasteiger partial charge >= 0.3 is 11.4 Å². The summed E-state index contributed by atoms with van der Waals surface area (Å²) in [5, 5.41) is 39.2. The molecule has 6 N–H and O–H groups in total. The van der Waals surface area contributed by atoms with Gasteiger partial charge in [-0.2, -0.15) is 4.21 Å². The average Bonchev–Trinajstić information content (AvgIpc) is 2.18. The van der Waals surface area contributed by atoms with E-state index in [1.54, 1.807) is 0 Å². The van der Waals surface area contributed by atoms with E-state index in [-0.39, 0.29) is 0 Å². The maximum absolute atomic E-state index is 10.3. The number of aliphatic hydroxyl groups is 4. The quantitative estimate of drug-likeness (QED) is 0.281. The van der Waals surface area contributed by atoms with E-state index in [1.165, 1.54) is 0 Å². The second kappa shape index (κ2) is 5.27. The van der Waals surface area contributed by atoms with Gasteiger partial charge in [0.2, 0.25) is 0 Å². The lowest BCUT2D eigenvalue weighted by Crippen LogP contribution is -2.66. The predicted octanol–water partition coefficient (Wildman–Crippen LogP) is -3.49. The summed E-state index contributed by atoms with van der Waals surface area (Å²) < 4.78 is 23.1. The van der Waals surface area contributed by atoms with Crippen LogP contribution in [0.2, 0.25) is 0 Å². The van der Waals surface area contributed by atoms with Gasteiger partial charge in [-0.1, -0.05) is 0 Å². The minimum absolute atomic E-state index is 0.511. The van der Waals surface area contributed by atoms with Gasteiger partial charge in [0.05, 0.1) is 12.6 Å². The Bertz CT molecular complexity index is 238. The third-order valence-electron chi connectivity index (χ3n) is 2.18. The van der Waals surface area contributed by atoms with Crippen molar-refractivity contribution < 1.29 is 33.4 Å². The highest BCUT2D eigenvalue weighted by atomic mass is 32.2. The summed E-state index contributed by atoms with van der Waals surface area (Å²) in [6, 6.07) is -0.933. The molecule has 0 spiro atoms. The summed E-state index contributed by atoms with van der Waals surface area (Å²) in [5.41, 5.74) is 0.